The van der Waals surface area contributed by atoms with Crippen LogP contribution >= 0.6 is 0 Å². The Morgan fingerprint density at radius 3 is 2.50 bits per heavy atom. The number of hydrogen-bond donors (Lipinski definition) is 2. The normalized spacial score (nSPS) is 10.2. The Hall–Kier alpha value is -3.68. The summed E-state index contributed by atoms with van der Waals surface area (Å²) in [5.74, 6) is 0.609. The molecule has 0 saturated heterocycles. The molecule has 3 aromatic rings. The Balaban J connectivity index is 1.43. The molecule has 0 aliphatic heterocycles. The van der Waals surface area contributed by atoms with Gasteiger partial charge in [-0.15, -0.1) is 10.2 Å². The molecule has 0 saturated carbocycles. The smallest absolute Gasteiger partial charge is 0.319 e. The number of urea groups is 1. The molecule has 28 heavy (non-hydrogen) atoms. The molecule has 0 aliphatic rings. The highest BCUT2D eigenvalue weighted by Gasteiger charge is 2.06. The van der Waals surface area contributed by atoms with E-state index in [2.05, 4.69) is 20.8 Å². The number of aromatic nitrogens is 2. The highest BCUT2D eigenvalue weighted by atomic mass is 19.1. The molecule has 3 rings (SSSR count). The maximum absolute atomic E-state index is 13.5. The number of ether oxygens (including phenoxy) is 2. The molecule has 0 bridgehead atoms. The summed E-state index contributed by atoms with van der Waals surface area (Å²) in [6, 6.07) is 16.4. The molecule has 2 amide bonds. The maximum Gasteiger partial charge on any atom is 0.319 e. The summed E-state index contributed by atoms with van der Waals surface area (Å²) in [6.07, 6.45) is 0. The third-order valence-electron chi connectivity index (χ3n) is 3.79. The summed E-state index contributed by atoms with van der Waals surface area (Å²) in [5, 5.41) is 13.1. The molecule has 0 aliphatic carbocycles. The number of halogens is 1. The molecule has 8 heteroatoms. The Labute approximate surface area is 161 Å². The van der Waals surface area contributed by atoms with Crippen molar-refractivity contribution in [3.05, 3.63) is 66.5 Å². The molecular formula is C20H19FN4O3. The minimum absolute atomic E-state index is 0.112. The van der Waals surface area contributed by atoms with E-state index in [1.54, 1.807) is 31.4 Å². The summed E-state index contributed by atoms with van der Waals surface area (Å²) in [6.45, 7) is 0.420. The van der Waals surface area contributed by atoms with Crippen molar-refractivity contribution in [2.45, 2.75) is 0 Å². The Morgan fingerprint density at radius 1 is 1.04 bits per heavy atom. The molecule has 2 N–H and O–H groups in total. The first-order chi connectivity index (χ1) is 13.7. The topological polar surface area (TPSA) is 85.4 Å². The second-order valence-electron chi connectivity index (χ2n) is 5.69. The summed E-state index contributed by atoms with van der Waals surface area (Å²) in [5.41, 5.74) is 1.73. The van der Waals surface area contributed by atoms with Gasteiger partial charge in [0.15, 0.2) is 0 Å². The van der Waals surface area contributed by atoms with Gasteiger partial charge in [-0.1, -0.05) is 12.1 Å². The minimum Gasteiger partial charge on any atom is -0.497 e. The van der Waals surface area contributed by atoms with Crippen LogP contribution in [0.3, 0.4) is 0 Å². The van der Waals surface area contributed by atoms with E-state index >= 15 is 0 Å². The first kappa shape index (κ1) is 19.1. The lowest BCUT2D eigenvalue weighted by atomic mass is 10.1. The van der Waals surface area contributed by atoms with Gasteiger partial charge in [0.25, 0.3) is 0 Å². The predicted molar refractivity (Wildman–Crippen MR) is 103 cm³/mol. The molecular weight excluding hydrogens is 363 g/mol. The van der Waals surface area contributed by atoms with Crippen molar-refractivity contribution in [1.29, 1.82) is 0 Å². The first-order valence-corrected chi connectivity index (χ1v) is 8.56. The number of carbonyl (C=O) groups excluding carboxylic acids is 1. The van der Waals surface area contributed by atoms with E-state index in [0.717, 1.165) is 11.3 Å². The Bertz CT molecular complexity index is 917. The third-order valence-corrected chi connectivity index (χ3v) is 3.79. The van der Waals surface area contributed by atoms with Gasteiger partial charge in [-0.2, -0.15) is 0 Å². The fourth-order valence-corrected chi connectivity index (χ4v) is 2.36. The molecule has 0 atom stereocenters. The van der Waals surface area contributed by atoms with Gasteiger partial charge in [-0.3, -0.25) is 0 Å². The van der Waals surface area contributed by atoms with Crippen molar-refractivity contribution in [1.82, 2.24) is 15.5 Å². The van der Waals surface area contributed by atoms with Gasteiger partial charge in [0.1, 0.15) is 18.2 Å². The van der Waals surface area contributed by atoms with Crippen molar-refractivity contribution >= 4 is 11.7 Å². The molecule has 0 fully saturated rings. The lowest BCUT2D eigenvalue weighted by Crippen LogP contribution is -2.32. The van der Waals surface area contributed by atoms with E-state index < -0.39 is 11.8 Å². The summed E-state index contributed by atoms with van der Waals surface area (Å²) in [7, 11) is 1.61. The number of anilines is 1. The van der Waals surface area contributed by atoms with Crippen molar-refractivity contribution in [3.8, 4) is 22.9 Å². The van der Waals surface area contributed by atoms with Crippen molar-refractivity contribution in [3.63, 3.8) is 0 Å². The number of hydrogen-bond acceptors (Lipinski definition) is 5. The summed E-state index contributed by atoms with van der Waals surface area (Å²) >= 11 is 0. The molecule has 0 unspecified atom stereocenters. The van der Waals surface area contributed by atoms with E-state index in [4.69, 9.17) is 9.47 Å². The number of carbonyl (C=O) groups is 1. The van der Waals surface area contributed by atoms with Crippen LogP contribution in [-0.4, -0.2) is 36.5 Å². The van der Waals surface area contributed by atoms with Crippen LogP contribution in [0, 0.1) is 5.82 Å². The second kappa shape index (κ2) is 9.31. The van der Waals surface area contributed by atoms with E-state index in [0.29, 0.717) is 11.6 Å². The van der Waals surface area contributed by atoms with Crippen LogP contribution in [0.4, 0.5) is 14.9 Å². The standard InChI is InChI=1S/C20H19FN4O3/c1-27-15-8-6-14(7-9-15)17-10-11-19(25-24-17)28-13-12-22-20(26)23-18-5-3-2-4-16(18)21/h2-11H,12-13H2,1H3,(H2,22,23,26). The number of nitrogens with one attached hydrogen (secondary N) is 2. The number of rotatable bonds is 7. The molecule has 1 aromatic heterocycles. The monoisotopic (exact) mass is 382 g/mol. The van der Waals surface area contributed by atoms with Gasteiger partial charge in [0.2, 0.25) is 5.88 Å². The number of benzene rings is 2. The molecule has 0 spiro atoms. The van der Waals surface area contributed by atoms with Crippen LogP contribution in [0.2, 0.25) is 0 Å². The fraction of sp³-hybridized carbons (Fsp3) is 0.150. The average Bonchev–Trinajstić information content (AvgIpc) is 2.73. The van der Waals surface area contributed by atoms with Crippen LogP contribution in [0.5, 0.6) is 11.6 Å². The van der Waals surface area contributed by atoms with Crippen molar-refractivity contribution in [2.75, 3.05) is 25.6 Å². The Kier molecular flexibility index (Phi) is 6.35. The molecule has 0 radical (unpaired) electrons. The first-order valence-electron chi connectivity index (χ1n) is 8.56. The summed E-state index contributed by atoms with van der Waals surface area (Å²) in [4.78, 5) is 11.7. The van der Waals surface area contributed by atoms with Crippen LogP contribution in [0.15, 0.2) is 60.7 Å². The number of amides is 2. The third kappa shape index (κ3) is 5.16. The predicted octanol–water partition coefficient (Wildman–Crippen LogP) is 3.49. The average molecular weight is 382 g/mol. The quantitative estimate of drug-likeness (QED) is 0.611. The maximum atomic E-state index is 13.5. The van der Waals surface area contributed by atoms with Gasteiger partial charge in [-0.05, 0) is 42.5 Å². The van der Waals surface area contributed by atoms with Crippen molar-refractivity contribution < 1.29 is 18.7 Å². The summed E-state index contributed by atoms with van der Waals surface area (Å²) < 4.78 is 24.0. The van der Waals surface area contributed by atoms with E-state index in [9.17, 15) is 9.18 Å². The van der Waals surface area contributed by atoms with Gasteiger partial charge < -0.3 is 20.1 Å². The largest absolute Gasteiger partial charge is 0.497 e. The lowest BCUT2D eigenvalue weighted by Gasteiger charge is -2.09. The molecule has 2 aromatic carbocycles. The van der Waals surface area contributed by atoms with Gasteiger partial charge >= 0.3 is 6.03 Å². The zero-order valence-corrected chi connectivity index (χ0v) is 15.2. The van der Waals surface area contributed by atoms with Gasteiger partial charge in [-0.25, -0.2) is 9.18 Å². The zero-order chi connectivity index (χ0) is 19.8. The van der Waals surface area contributed by atoms with Gasteiger partial charge in [0, 0.05) is 11.6 Å². The van der Waals surface area contributed by atoms with Crippen LogP contribution in [0.1, 0.15) is 0 Å². The number of nitrogens with zero attached hydrogens (tertiary/aromatic N) is 2. The van der Waals surface area contributed by atoms with E-state index in [1.807, 2.05) is 24.3 Å². The van der Waals surface area contributed by atoms with Crippen LogP contribution < -0.4 is 20.1 Å². The van der Waals surface area contributed by atoms with E-state index in [1.165, 1.54) is 12.1 Å². The lowest BCUT2D eigenvalue weighted by molar-refractivity contribution is 0.246. The molecule has 1 heterocycles. The SMILES string of the molecule is COc1ccc(-c2ccc(OCCNC(=O)Nc3ccccc3F)nn2)cc1. The highest BCUT2D eigenvalue weighted by molar-refractivity contribution is 5.89. The zero-order valence-electron chi connectivity index (χ0n) is 15.2. The number of para-hydroxylation sites is 1. The van der Waals surface area contributed by atoms with E-state index in [-0.39, 0.29) is 18.8 Å². The second-order valence-corrected chi connectivity index (χ2v) is 5.69. The van der Waals surface area contributed by atoms with Gasteiger partial charge in [0.05, 0.1) is 25.0 Å². The van der Waals surface area contributed by atoms with Crippen molar-refractivity contribution in [2.24, 2.45) is 0 Å². The Morgan fingerprint density at radius 2 is 1.82 bits per heavy atom. The number of methoxy groups -OCH3 is 1. The molecule has 7 nitrogen and oxygen atoms in total. The fourth-order valence-electron chi connectivity index (χ4n) is 2.36. The highest BCUT2D eigenvalue weighted by Crippen LogP contribution is 2.21. The molecule has 144 valence electrons. The van der Waals surface area contributed by atoms with Crippen LogP contribution in [-0.2, 0) is 0 Å². The minimum atomic E-state index is -0.519. The van der Waals surface area contributed by atoms with Crippen LogP contribution in [0.25, 0.3) is 11.3 Å².